The van der Waals surface area contributed by atoms with E-state index in [2.05, 4.69) is 25.6 Å². The van der Waals surface area contributed by atoms with Crippen LogP contribution in [0.2, 0.25) is 0 Å². The number of halogens is 2. The van der Waals surface area contributed by atoms with Gasteiger partial charge in [-0.2, -0.15) is 0 Å². The molecule has 0 aliphatic rings. The van der Waals surface area contributed by atoms with Crippen molar-refractivity contribution >= 4 is 34.4 Å². The SMILES string of the molecule is O=C(Nc1ccc(-c2nc3cc(NC(=O)c4ccccc4F)ncc3[nH]2)cc1)c1ccccc1F. The van der Waals surface area contributed by atoms with Gasteiger partial charge in [0.05, 0.1) is 28.4 Å². The summed E-state index contributed by atoms with van der Waals surface area (Å²) in [6.07, 6.45) is 1.52. The fourth-order valence-corrected chi connectivity index (χ4v) is 3.50. The van der Waals surface area contributed by atoms with Crippen molar-refractivity contribution in [3.8, 4) is 11.4 Å². The third-order valence-corrected chi connectivity index (χ3v) is 5.26. The summed E-state index contributed by atoms with van der Waals surface area (Å²) in [6.45, 7) is 0. The van der Waals surface area contributed by atoms with Gasteiger partial charge in [-0.25, -0.2) is 18.7 Å². The van der Waals surface area contributed by atoms with Crippen LogP contribution in [0.4, 0.5) is 20.3 Å². The second-order valence-electron chi connectivity index (χ2n) is 7.62. The van der Waals surface area contributed by atoms with Crippen LogP contribution in [0.5, 0.6) is 0 Å². The summed E-state index contributed by atoms with van der Waals surface area (Å²) >= 11 is 0. The first-order chi connectivity index (χ1) is 17.0. The van der Waals surface area contributed by atoms with E-state index in [0.717, 1.165) is 5.56 Å². The molecule has 2 aromatic heterocycles. The fraction of sp³-hybridized carbons (Fsp3) is 0. The zero-order valence-corrected chi connectivity index (χ0v) is 18.0. The Morgan fingerprint density at radius 3 is 2.00 bits per heavy atom. The summed E-state index contributed by atoms with van der Waals surface area (Å²) in [5.74, 6) is -1.60. The number of fused-ring (bicyclic) bond motifs is 1. The lowest BCUT2D eigenvalue weighted by molar-refractivity contribution is 0.101. The number of nitrogens with zero attached hydrogens (tertiary/aromatic N) is 2. The van der Waals surface area contributed by atoms with Crippen LogP contribution >= 0.6 is 0 Å². The van der Waals surface area contributed by atoms with Gasteiger partial charge in [-0.05, 0) is 48.5 Å². The predicted molar refractivity (Wildman–Crippen MR) is 128 cm³/mol. The van der Waals surface area contributed by atoms with Gasteiger partial charge in [-0.15, -0.1) is 0 Å². The Morgan fingerprint density at radius 1 is 0.771 bits per heavy atom. The third-order valence-electron chi connectivity index (χ3n) is 5.26. The third kappa shape index (κ3) is 4.60. The Balaban J connectivity index is 1.32. The van der Waals surface area contributed by atoms with Crippen LogP contribution in [0, 0.1) is 11.6 Å². The summed E-state index contributed by atoms with van der Waals surface area (Å²) in [5.41, 5.74) is 2.30. The quantitative estimate of drug-likeness (QED) is 0.321. The van der Waals surface area contributed by atoms with Crippen molar-refractivity contribution in [3.05, 3.63) is 108 Å². The van der Waals surface area contributed by atoms with E-state index in [1.54, 1.807) is 42.5 Å². The number of H-pyrrole nitrogens is 1. The minimum absolute atomic E-state index is 0.0424. The van der Waals surface area contributed by atoms with Gasteiger partial charge >= 0.3 is 0 Å². The number of imidazole rings is 1. The Labute approximate surface area is 197 Å². The predicted octanol–water partition coefficient (Wildman–Crippen LogP) is 5.41. The molecule has 5 rings (SSSR count). The number of amides is 2. The summed E-state index contributed by atoms with van der Waals surface area (Å²) in [5, 5.41) is 5.23. The lowest BCUT2D eigenvalue weighted by Crippen LogP contribution is -2.14. The Bertz CT molecular complexity index is 1560. The highest BCUT2D eigenvalue weighted by atomic mass is 19.1. The van der Waals surface area contributed by atoms with Crippen LogP contribution in [0.15, 0.2) is 85.1 Å². The molecule has 0 bridgehead atoms. The summed E-state index contributed by atoms with van der Waals surface area (Å²) in [7, 11) is 0. The first-order valence-electron chi connectivity index (χ1n) is 10.6. The molecule has 3 N–H and O–H groups in total. The minimum atomic E-state index is -0.623. The van der Waals surface area contributed by atoms with E-state index in [0.29, 0.717) is 22.5 Å². The molecular weight excluding hydrogens is 452 g/mol. The molecule has 0 fully saturated rings. The smallest absolute Gasteiger partial charge is 0.259 e. The molecule has 2 heterocycles. The van der Waals surface area contributed by atoms with Gasteiger partial charge in [0.15, 0.2) is 0 Å². The van der Waals surface area contributed by atoms with E-state index in [9.17, 15) is 18.4 Å². The minimum Gasteiger partial charge on any atom is -0.337 e. The molecule has 0 unspecified atom stereocenters. The number of carbonyl (C=O) groups is 2. The van der Waals surface area contributed by atoms with Crippen LogP contribution in [0.3, 0.4) is 0 Å². The number of hydrogen-bond donors (Lipinski definition) is 3. The zero-order chi connectivity index (χ0) is 24.4. The molecule has 0 aliphatic carbocycles. The highest BCUT2D eigenvalue weighted by Gasteiger charge is 2.14. The summed E-state index contributed by atoms with van der Waals surface area (Å²) in [6, 6.07) is 19.9. The molecule has 0 atom stereocenters. The van der Waals surface area contributed by atoms with E-state index in [1.165, 1.54) is 42.6 Å². The number of rotatable bonds is 5. The second-order valence-corrected chi connectivity index (χ2v) is 7.62. The maximum Gasteiger partial charge on any atom is 0.259 e. The van der Waals surface area contributed by atoms with Crippen LogP contribution in [-0.4, -0.2) is 26.8 Å². The van der Waals surface area contributed by atoms with Gasteiger partial charge in [0.25, 0.3) is 11.8 Å². The molecule has 2 amide bonds. The van der Waals surface area contributed by atoms with E-state index >= 15 is 0 Å². The highest BCUT2D eigenvalue weighted by molar-refractivity contribution is 6.05. The van der Waals surface area contributed by atoms with Crippen LogP contribution < -0.4 is 10.6 Å². The van der Waals surface area contributed by atoms with E-state index in [-0.39, 0.29) is 16.9 Å². The van der Waals surface area contributed by atoms with Crippen LogP contribution in [0.25, 0.3) is 22.4 Å². The number of pyridine rings is 1. The first kappa shape index (κ1) is 21.9. The molecule has 35 heavy (non-hydrogen) atoms. The molecule has 5 aromatic rings. The Morgan fingerprint density at radius 2 is 1.37 bits per heavy atom. The standard InChI is InChI=1S/C26H17F2N5O2/c27-19-7-3-1-5-17(19)25(34)30-16-11-9-15(10-12-16)24-31-21-13-23(29-14-22(21)32-24)33-26(35)18-6-2-4-8-20(18)28/h1-14H,(H,30,34)(H,31,32)(H,29,33,35). The zero-order valence-electron chi connectivity index (χ0n) is 18.0. The van der Waals surface area contributed by atoms with Crippen LogP contribution in [-0.2, 0) is 0 Å². The number of benzene rings is 3. The fourth-order valence-electron chi connectivity index (χ4n) is 3.50. The number of carbonyl (C=O) groups excluding carboxylic acids is 2. The Kier molecular flexibility index (Phi) is 5.72. The maximum atomic E-state index is 13.9. The normalized spacial score (nSPS) is 10.8. The number of aromatic amines is 1. The summed E-state index contributed by atoms with van der Waals surface area (Å²) in [4.78, 5) is 36.5. The number of aromatic nitrogens is 3. The summed E-state index contributed by atoms with van der Waals surface area (Å²) < 4.78 is 27.7. The van der Waals surface area contributed by atoms with Crippen molar-refractivity contribution in [1.29, 1.82) is 0 Å². The van der Waals surface area contributed by atoms with Crippen molar-refractivity contribution in [2.45, 2.75) is 0 Å². The van der Waals surface area contributed by atoms with Gasteiger partial charge in [-0.3, -0.25) is 9.59 Å². The van der Waals surface area contributed by atoms with E-state index in [1.807, 2.05) is 0 Å². The average molecular weight is 469 g/mol. The van der Waals surface area contributed by atoms with Gasteiger partial charge in [0, 0.05) is 17.3 Å². The number of nitrogens with one attached hydrogen (secondary N) is 3. The molecule has 0 aliphatic heterocycles. The maximum absolute atomic E-state index is 13.9. The van der Waals surface area contributed by atoms with Gasteiger partial charge < -0.3 is 15.6 Å². The molecule has 0 saturated heterocycles. The Hall–Kier alpha value is -4.92. The van der Waals surface area contributed by atoms with E-state index in [4.69, 9.17) is 0 Å². The van der Waals surface area contributed by atoms with Gasteiger partial charge in [0.1, 0.15) is 23.3 Å². The van der Waals surface area contributed by atoms with Crippen molar-refractivity contribution in [3.63, 3.8) is 0 Å². The van der Waals surface area contributed by atoms with E-state index < -0.39 is 23.4 Å². The first-order valence-corrected chi connectivity index (χ1v) is 10.6. The average Bonchev–Trinajstić information content (AvgIpc) is 3.28. The molecule has 7 nitrogen and oxygen atoms in total. The molecule has 9 heteroatoms. The molecule has 172 valence electrons. The molecular formula is C26H17F2N5O2. The monoisotopic (exact) mass is 469 g/mol. The van der Waals surface area contributed by atoms with Crippen molar-refractivity contribution in [2.75, 3.05) is 10.6 Å². The van der Waals surface area contributed by atoms with Crippen molar-refractivity contribution in [2.24, 2.45) is 0 Å². The molecule has 0 spiro atoms. The lowest BCUT2D eigenvalue weighted by atomic mass is 10.1. The molecule has 3 aromatic carbocycles. The van der Waals surface area contributed by atoms with Crippen molar-refractivity contribution in [1.82, 2.24) is 15.0 Å². The van der Waals surface area contributed by atoms with Crippen LogP contribution in [0.1, 0.15) is 20.7 Å². The number of anilines is 2. The van der Waals surface area contributed by atoms with Gasteiger partial charge in [-0.1, -0.05) is 24.3 Å². The largest absolute Gasteiger partial charge is 0.337 e. The van der Waals surface area contributed by atoms with Gasteiger partial charge in [0.2, 0.25) is 0 Å². The lowest BCUT2D eigenvalue weighted by Gasteiger charge is -2.06. The topological polar surface area (TPSA) is 99.8 Å². The molecule has 0 radical (unpaired) electrons. The number of hydrogen-bond acceptors (Lipinski definition) is 4. The highest BCUT2D eigenvalue weighted by Crippen LogP contribution is 2.24. The molecule has 0 saturated carbocycles. The second kappa shape index (κ2) is 9.14. The van der Waals surface area contributed by atoms with Crippen molar-refractivity contribution < 1.29 is 18.4 Å².